The summed E-state index contributed by atoms with van der Waals surface area (Å²) in [6.07, 6.45) is 3.55. The maximum Gasteiger partial charge on any atom is 0.164 e. The van der Waals surface area contributed by atoms with Crippen molar-refractivity contribution in [2.24, 2.45) is 7.05 Å². The Kier molecular flexibility index (Phi) is 3.20. The molecule has 1 N–H and O–H groups in total. The highest BCUT2D eigenvalue weighted by Gasteiger charge is 2.02. The molecule has 0 unspecified atom stereocenters. The largest absolute Gasteiger partial charge is 0.306 e. The first kappa shape index (κ1) is 11.8. The molecule has 0 atom stereocenters. The Labute approximate surface area is 111 Å². The van der Waals surface area contributed by atoms with Gasteiger partial charge in [0.05, 0.1) is 12.1 Å². The van der Waals surface area contributed by atoms with Crippen LogP contribution >= 0.6 is 0 Å². The van der Waals surface area contributed by atoms with Crippen molar-refractivity contribution in [1.29, 1.82) is 0 Å². The van der Waals surface area contributed by atoms with Gasteiger partial charge in [-0.25, -0.2) is 4.98 Å². The number of nitrogens with one attached hydrogen (secondary N) is 1. The smallest absolute Gasteiger partial charge is 0.164 e. The second-order valence-electron chi connectivity index (χ2n) is 4.43. The highest BCUT2D eigenvalue weighted by atomic mass is 15.3. The predicted octanol–water partition coefficient (Wildman–Crippen LogP) is 1.65. The summed E-state index contributed by atoms with van der Waals surface area (Å²) in [5.41, 5.74) is 2.26. The summed E-state index contributed by atoms with van der Waals surface area (Å²) >= 11 is 0. The van der Waals surface area contributed by atoms with E-state index in [9.17, 15) is 0 Å². The van der Waals surface area contributed by atoms with E-state index in [-0.39, 0.29) is 0 Å². The monoisotopic (exact) mass is 253 g/mol. The van der Waals surface area contributed by atoms with Crippen LogP contribution in [-0.2, 0) is 20.1 Å². The molecule has 2 heterocycles. The second-order valence-corrected chi connectivity index (χ2v) is 4.43. The predicted molar refractivity (Wildman–Crippen MR) is 73.3 cm³/mol. The number of aromatic nitrogens is 4. The number of fused-ring (bicyclic) bond motifs is 1. The SMILES string of the molecule is Cn1cnc(CNCc2ccnc3ccccc23)n1. The van der Waals surface area contributed by atoms with Crippen LogP contribution in [0.1, 0.15) is 11.4 Å². The Balaban J connectivity index is 1.71. The van der Waals surface area contributed by atoms with Gasteiger partial charge in [-0.15, -0.1) is 0 Å². The molecule has 19 heavy (non-hydrogen) atoms. The third-order valence-corrected chi connectivity index (χ3v) is 2.98. The van der Waals surface area contributed by atoms with E-state index in [1.165, 1.54) is 10.9 Å². The lowest BCUT2D eigenvalue weighted by atomic mass is 10.1. The van der Waals surface area contributed by atoms with Gasteiger partial charge in [-0.3, -0.25) is 9.67 Å². The number of para-hydroxylation sites is 1. The molecule has 0 saturated carbocycles. The van der Waals surface area contributed by atoms with Crippen LogP contribution in [-0.4, -0.2) is 19.7 Å². The molecule has 2 aromatic heterocycles. The fourth-order valence-electron chi connectivity index (χ4n) is 2.08. The van der Waals surface area contributed by atoms with Gasteiger partial charge in [-0.1, -0.05) is 18.2 Å². The topological polar surface area (TPSA) is 55.6 Å². The van der Waals surface area contributed by atoms with Gasteiger partial charge in [0.2, 0.25) is 0 Å². The minimum atomic E-state index is 0.664. The molecule has 1 aromatic carbocycles. The fraction of sp³-hybridized carbons (Fsp3) is 0.214. The molecule has 0 aliphatic heterocycles. The zero-order chi connectivity index (χ0) is 13.1. The number of hydrogen-bond acceptors (Lipinski definition) is 4. The summed E-state index contributed by atoms with van der Waals surface area (Å²) in [5.74, 6) is 0.806. The molecule has 5 heteroatoms. The van der Waals surface area contributed by atoms with Crippen LogP contribution in [0.2, 0.25) is 0 Å². The van der Waals surface area contributed by atoms with E-state index in [4.69, 9.17) is 0 Å². The van der Waals surface area contributed by atoms with Gasteiger partial charge in [-0.2, -0.15) is 5.10 Å². The minimum absolute atomic E-state index is 0.664. The second kappa shape index (κ2) is 5.16. The first-order valence-electron chi connectivity index (χ1n) is 6.21. The standard InChI is InChI=1S/C14H15N5/c1-19-10-17-14(18-19)9-15-8-11-6-7-16-13-5-3-2-4-12(11)13/h2-7,10,15H,8-9H2,1H3. The van der Waals surface area contributed by atoms with E-state index in [2.05, 4.69) is 26.4 Å². The van der Waals surface area contributed by atoms with Gasteiger partial charge in [0.25, 0.3) is 0 Å². The Morgan fingerprint density at radius 3 is 2.84 bits per heavy atom. The van der Waals surface area contributed by atoms with Gasteiger partial charge >= 0.3 is 0 Å². The van der Waals surface area contributed by atoms with Crippen LogP contribution in [0, 0.1) is 0 Å². The number of aryl methyl sites for hydroxylation is 1. The molecule has 0 aliphatic carbocycles. The zero-order valence-electron chi connectivity index (χ0n) is 10.7. The summed E-state index contributed by atoms with van der Waals surface area (Å²) in [5, 5.41) is 8.78. The maximum absolute atomic E-state index is 4.36. The number of benzene rings is 1. The number of hydrogen-bond donors (Lipinski definition) is 1. The number of nitrogens with zero attached hydrogens (tertiary/aromatic N) is 4. The molecule has 0 spiro atoms. The maximum atomic E-state index is 4.36. The van der Waals surface area contributed by atoms with Crippen molar-refractivity contribution in [2.45, 2.75) is 13.1 Å². The van der Waals surface area contributed by atoms with Gasteiger partial charge in [0, 0.05) is 25.2 Å². The molecular formula is C14H15N5. The molecule has 0 bridgehead atoms. The Hall–Kier alpha value is -2.27. The molecule has 0 saturated heterocycles. The van der Waals surface area contributed by atoms with Crippen molar-refractivity contribution in [2.75, 3.05) is 0 Å². The summed E-state index contributed by atoms with van der Waals surface area (Å²) in [7, 11) is 1.87. The lowest BCUT2D eigenvalue weighted by molar-refractivity contribution is 0.651. The summed E-state index contributed by atoms with van der Waals surface area (Å²) in [6.45, 7) is 1.44. The molecule has 5 nitrogen and oxygen atoms in total. The average Bonchev–Trinajstić information content (AvgIpc) is 2.85. The van der Waals surface area contributed by atoms with Crippen LogP contribution < -0.4 is 5.32 Å². The molecule has 3 aromatic rings. The summed E-state index contributed by atoms with van der Waals surface area (Å²) in [4.78, 5) is 8.54. The molecule has 0 aliphatic rings. The number of rotatable bonds is 4. The molecule has 96 valence electrons. The molecule has 0 fully saturated rings. The Morgan fingerprint density at radius 2 is 2.00 bits per heavy atom. The zero-order valence-corrected chi connectivity index (χ0v) is 10.7. The summed E-state index contributed by atoms with van der Waals surface area (Å²) < 4.78 is 1.71. The molecule has 3 rings (SSSR count). The molecular weight excluding hydrogens is 238 g/mol. The highest BCUT2D eigenvalue weighted by molar-refractivity contribution is 5.81. The van der Waals surface area contributed by atoms with Crippen molar-refractivity contribution in [3.63, 3.8) is 0 Å². The van der Waals surface area contributed by atoms with Crippen molar-refractivity contribution in [3.05, 3.63) is 54.2 Å². The lowest BCUT2D eigenvalue weighted by Gasteiger charge is -2.06. The molecule has 0 radical (unpaired) electrons. The third kappa shape index (κ3) is 2.61. The fourth-order valence-corrected chi connectivity index (χ4v) is 2.08. The summed E-state index contributed by atoms with van der Waals surface area (Å²) in [6, 6.07) is 10.2. The van der Waals surface area contributed by atoms with Gasteiger partial charge in [0.1, 0.15) is 6.33 Å². The lowest BCUT2D eigenvalue weighted by Crippen LogP contribution is -2.14. The van der Waals surface area contributed by atoms with Crippen molar-refractivity contribution >= 4 is 10.9 Å². The van der Waals surface area contributed by atoms with E-state index in [0.717, 1.165) is 17.9 Å². The van der Waals surface area contributed by atoms with Crippen LogP contribution in [0.5, 0.6) is 0 Å². The van der Waals surface area contributed by atoms with Crippen LogP contribution in [0.25, 0.3) is 10.9 Å². The average molecular weight is 253 g/mol. The Bertz CT molecular complexity index is 684. The van der Waals surface area contributed by atoms with E-state index < -0.39 is 0 Å². The van der Waals surface area contributed by atoms with Crippen LogP contribution in [0.4, 0.5) is 0 Å². The third-order valence-electron chi connectivity index (χ3n) is 2.98. The van der Waals surface area contributed by atoms with Gasteiger partial charge in [-0.05, 0) is 17.7 Å². The van der Waals surface area contributed by atoms with Crippen molar-refractivity contribution in [3.8, 4) is 0 Å². The normalized spacial score (nSPS) is 11.0. The van der Waals surface area contributed by atoms with E-state index in [0.29, 0.717) is 6.54 Å². The van der Waals surface area contributed by atoms with Crippen molar-refractivity contribution < 1.29 is 0 Å². The quantitative estimate of drug-likeness (QED) is 0.768. The van der Waals surface area contributed by atoms with Gasteiger partial charge < -0.3 is 5.32 Å². The van der Waals surface area contributed by atoms with Gasteiger partial charge in [0.15, 0.2) is 5.82 Å². The van der Waals surface area contributed by atoms with E-state index in [1.807, 2.05) is 37.5 Å². The number of pyridine rings is 1. The van der Waals surface area contributed by atoms with Crippen LogP contribution in [0.15, 0.2) is 42.9 Å². The van der Waals surface area contributed by atoms with Crippen LogP contribution in [0.3, 0.4) is 0 Å². The Morgan fingerprint density at radius 1 is 1.11 bits per heavy atom. The van der Waals surface area contributed by atoms with Crippen molar-refractivity contribution in [1.82, 2.24) is 25.1 Å². The van der Waals surface area contributed by atoms with E-state index >= 15 is 0 Å². The van der Waals surface area contributed by atoms with E-state index in [1.54, 1.807) is 11.0 Å². The molecule has 0 amide bonds. The first-order chi connectivity index (χ1) is 9.33. The minimum Gasteiger partial charge on any atom is -0.306 e. The first-order valence-corrected chi connectivity index (χ1v) is 6.21. The highest BCUT2D eigenvalue weighted by Crippen LogP contribution is 2.15.